The van der Waals surface area contributed by atoms with Gasteiger partial charge in [0.25, 0.3) is 0 Å². The molecule has 2 atom stereocenters. The summed E-state index contributed by atoms with van der Waals surface area (Å²) in [6.45, 7) is 1.18. The van der Waals surface area contributed by atoms with Crippen molar-refractivity contribution in [2.75, 3.05) is 13.2 Å². The molecule has 3 heterocycles. The van der Waals surface area contributed by atoms with Gasteiger partial charge in [0.05, 0.1) is 25.4 Å². The van der Waals surface area contributed by atoms with Crippen LogP contribution in [0.5, 0.6) is 0 Å². The number of hydrogen-bond acceptors (Lipinski definition) is 4. The van der Waals surface area contributed by atoms with Gasteiger partial charge in [-0.05, 0) is 25.7 Å². The summed E-state index contributed by atoms with van der Waals surface area (Å²) in [5.74, 6) is 0.309. The standard InChI is InChI=1S/C17H20O4/c18-16(11-9-12-5-6-13(10-11)21-12)14-3-1-2-4-15(14)17-19-7-8-20-17/h1-4,11-13,17H,5-10H2. The van der Waals surface area contributed by atoms with E-state index in [0.29, 0.717) is 13.2 Å². The third kappa shape index (κ3) is 2.52. The van der Waals surface area contributed by atoms with Gasteiger partial charge in [0.2, 0.25) is 0 Å². The minimum absolute atomic E-state index is 0.0822. The molecule has 4 heteroatoms. The van der Waals surface area contributed by atoms with Crippen LogP contribution in [-0.2, 0) is 14.2 Å². The fourth-order valence-electron chi connectivity index (χ4n) is 3.76. The van der Waals surface area contributed by atoms with E-state index in [9.17, 15) is 4.79 Å². The number of fused-ring (bicyclic) bond motifs is 2. The first-order valence-electron chi connectivity index (χ1n) is 7.83. The summed E-state index contributed by atoms with van der Waals surface area (Å²) in [5, 5.41) is 0. The molecule has 0 N–H and O–H groups in total. The van der Waals surface area contributed by atoms with Crippen molar-refractivity contribution >= 4 is 5.78 Å². The molecule has 112 valence electrons. The summed E-state index contributed by atoms with van der Waals surface area (Å²) >= 11 is 0. The van der Waals surface area contributed by atoms with Crippen LogP contribution < -0.4 is 0 Å². The van der Waals surface area contributed by atoms with Crippen LogP contribution in [0, 0.1) is 5.92 Å². The van der Waals surface area contributed by atoms with Gasteiger partial charge in [-0.25, -0.2) is 0 Å². The molecule has 3 aliphatic heterocycles. The number of Topliss-reactive ketones (excluding diaryl/α,β-unsaturated/α-hetero) is 1. The summed E-state index contributed by atoms with van der Waals surface area (Å²) in [5.41, 5.74) is 1.63. The molecule has 0 spiro atoms. The van der Waals surface area contributed by atoms with E-state index in [0.717, 1.165) is 36.8 Å². The molecule has 21 heavy (non-hydrogen) atoms. The Morgan fingerprint density at radius 3 is 2.38 bits per heavy atom. The topological polar surface area (TPSA) is 44.8 Å². The highest BCUT2D eigenvalue weighted by Crippen LogP contribution is 2.38. The van der Waals surface area contributed by atoms with Crippen molar-refractivity contribution < 1.29 is 19.0 Å². The Hall–Kier alpha value is -1.23. The largest absolute Gasteiger partial charge is 0.375 e. The monoisotopic (exact) mass is 288 g/mol. The first-order chi connectivity index (χ1) is 10.3. The molecule has 2 unspecified atom stereocenters. The number of hydrogen-bond donors (Lipinski definition) is 0. The van der Waals surface area contributed by atoms with Gasteiger partial charge in [-0.2, -0.15) is 0 Å². The average Bonchev–Trinajstić information content (AvgIpc) is 3.16. The van der Waals surface area contributed by atoms with Gasteiger partial charge in [-0.3, -0.25) is 4.79 Å². The zero-order chi connectivity index (χ0) is 14.2. The SMILES string of the molecule is O=C(c1ccccc1C1OCCO1)C1CC2CCC(C1)O2. The van der Waals surface area contributed by atoms with Crippen molar-refractivity contribution in [3.63, 3.8) is 0 Å². The Labute approximate surface area is 124 Å². The Morgan fingerprint density at radius 1 is 1.00 bits per heavy atom. The third-order valence-electron chi connectivity index (χ3n) is 4.76. The lowest BCUT2D eigenvalue weighted by Gasteiger charge is -2.28. The lowest BCUT2D eigenvalue weighted by Crippen LogP contribution is -2.30. The van der Waals surface area contributed by atoms with Crippen LogP contribution in [0.2, 0.25) is 0 Å². The first-order valence-corrected chi connectivity index (χ1v) is 7.83. The van der Waals surface area contributed by atoms with Crippen molar-refractivity contribution in [1.82, 2.24) is 0 Å². The molecule has 0 amide bonds. The maximum absolute atomic E-state index is 12.9. The van der Waals surface area contributed by atoms with Crippen LogP contribution in [0.3, 0.4) is 0 Å². The summed E-state index contributed by atoms with van der Waals surface area (Å²) < 4.78 is 17.0. The predicted octanol–water partition coefficient (Wildman–Crippen LogP) is 2.87. The van der Waals surface area contributed by atoms with E-state index in [2.05, 4.69) is 0 Å². The van der Waals surface area contributed by atoms with Crippen LogP contribution in [0.15, 0.2) is 24.3 Å². The number of rotatable bonds is 3. The summed E-state index contributed by atoms with van der Waals surface area (Å²) in [7, 11) is 0. The lowest BCUT2D eigenvalue weighted by atomic mass is 9.86. The quantitative estimate of drug-likeness (QED) is 0.802. The Bertz CT molecular complexity index is 523. The molecule has 3 saturated heterocycles. The second kappa shape index (κ2) is 5.52. The van der Waals surface area contributed by atoms with Crippen LogP contribution in [0.25, 0.3) is 0 Å². The molecule has 1 aromatic rings. The Kier molecular flexibility index (Phi) is 3.53. The van der Waals surface area contributed by atoms with E-state index >= 15 is 0 Å². The Balaban J connectivity index is 1.59. The highest BCUT2D eigenvalue weighted by molar-refractivity contribution is 5.99. The highest BCUT2D eigenvalue weighted by atomic mass is 16.7. The molecule has 3 fully saturated rings. The van der Waals surface area contributed by atoms with Crippen molar-refractivity contribution in [2.45, 2.75) is 44.2 Å². The zero-order valence-electron chi connectivity index (χ0n) is 12.0. The molecular weight excluding hydrogens is 268 g/mol. The highest BCUT2D eigenvalue weighted by Gasteiger charge is 2.39. The fraction of sp³-hybridized carbons (Fsp3) is 0.588. The normalized spacial score (nSPS) is 32.5. The van der Waals surface area contributed by atoms with Gasteiger partial charge in [0.1, 0.15) is 0 Å². The minimum atomic E-state index is -0.387. The second-order valence-corrected chi connectivity index (χ2v) is 6.15. The van der Waals surface area contributed by atoms with Gasteiger partial charge < -0.3 is 14.2 Å². The second-order valence-electron chi connectivity index (χ2n) is 6.15. The van der Waals surface area contributed by atoms with Crippen LogP contribution >= 0.6 is 0 Å². The molecular formula is C17H20O4. The maximum Gasteiger partial charge on any atom is 0.184 e. The van der Waals surface area contributed by atoms with E-state index in [1.165, 1.54) is 0 Å². The van der Waals surface area contributed by atoms with E-state index in [4.69, 9.17) is 14.2 Å². The minimum Gasteiger partial charge on any atom is -0.375 e. The molecule has 1 aromatic carbocycles. The summed E-state index contributed by atoms with van der Waals surface area (Å²) in [6, 6.07) is 7.70. The number of ether oxygens (including phenoxy) is 3. The predicted molar refractivity (Wildman–Crippen MR) is 76.0 cm³/mol. The number of carbonyl (C=O) groups excluding carboxylic acids is 1. The van der Waals surface area contributed by atoms with E-state index < -0.39 is 0 Å². The van der Waals surface area contributed by atoms with Gasteiger partial charge in [0.15, 0.2) is 12.1 Å². The maximum atomic E-state index is 12.9. The van der Waals surface area contributed by atoms with Gasteiger partial charge in [-0.15, -0.1) is 0 Å². The van der Waals surface area contributed by atoms with E-state index in [1.807, 2.05) is 24.3 Å². The van der Waals surface area contributed by atoms with Crippen molar-refractivity contribution in [1.29, 1.82) is 0 Å². The molecule has 0 radical (unpaired) electrons. The fourth-order valence-corrected chi connectivity index (χ4v) is 3.76. The number of benzene rings is 1. The first kappa shape index (κ1) is 13.4. The average molecular weight is 288 g/mol. The zero-order valence-corrected chi connectivity index (χ0v) is 12.0. The number of carbonyl (C=O) groups is 1. The number of ketones is 1. The van der Waals surface area contributed by atoms with Gasteiger partial charge >= 0.3 is 0 Å². The van der Waals surface area contributed by atoms with Gasteiger partial charge in [-0.1, -0.05) is 24.3 Å². The van der Waals surface area contributed by atoms with Crippen LogP contribution in [0.1, 0.15) is 47.9 Å². The van der Waals surface area contributed by atoms with E-state index in [1.54, 1.807) is 0 Å². The molecule has 4 nitrogen and oxygen atoms in total. The molecule has 0 saturated carbocycles. The summed E-state index contributed by atoms with van der Waals surface area (Å²) in [6.07, 6.45) is 4.09. The molecule has 0 aliphatic carbocycles. The Morgan fingerprint density at radius 2 is 1.67 bits per heavy atom. The molecule has 2 bridgehead atoms. The molecule has 3 aliphatic rings. The summed E-state index contributed by atoms with van der Waals surface area (Å²) in [4.78, 5) is 12.9. The third-order valence-corrected chi connectivity index (χ3v) is 4.76. The van der Waals surface area contributed by atoms with E-state index in [-0.39, 0.29) is 30.2 Å². The van der Waals surface area contributed by atoms with Crippen LogP contribution in [0.4, 0.5) is 0 Å². The van der Waals surface area contributed by atoms with Crippen LogP contribution in [-0.4, -0.2) is 31.2 Å². The van der Waals surface area contributed by atoms with Crippen molar-refractivity contribution in [3.8, 4) is 0 Å². The lowest BCUT2D eigenvalue weighted by molar-refractivity contribution is -0.0448. The molecule has 4 rings (SSSR count). The van der Waals surface area contributed by atoms with Crippen molar-refractivity contribution in [2.24, 2.45) is 5.92 Å². The van der Waals surface area contributed by atoms with Gasteiger partial charge in [0, 0.05) is 17.0 Å². The molecule has 0 aromatic heterocycles. The smallest absolute Gasteiger partial charge is 0.184 e. The van der Waals surface area contributed by atoms with Crippen molar-refractivity contribution in [3.05, 3.63) is 35.4 Å².